The van der Waals surface area contributed by atoms with Gasteiger partial charge < -0.3 is 18.6 Å². The number of hydrogen-bond donors (Lipinski definition) is 0. The first-order valence-electron chi connectivity index (χ1n) is 26.1. The Hall–Kier alpha value is -10.7. The molecule has 0 fully saturated rings. The Balaban J connectivity index is 0.849. The predicted octanol–water partition coefficient (Wildman–Crippen LogP) is 17.9. The fourth-order valence-electron chi connectivity index (χ4n) is 10.6. The highest BCUT2D eigenvalue weighted by atomic mass is 15.2. The Morgan fingerprint density at radius 3 is 0.974 bits per heavy atom. The van der Waals surface area contributed by atoms with E-state index in [0.717, 1.165) is 124 Å². The van der Waals surface area contributed by atoms with E-state index < -0.39 is 0 Å². The molecule has 0 N–H and O–H groups in total. The van der Waals surface area contributed by atoms with E-state index in [4.69, 9.17) is 19.9 Å². The summed E-state index contributed by atoms with van der Waals surface area (Å²) in [6.45, 7) is 0. The third-order valence-electron chi connectivity index (χ3n) is 14.4. The third kappa shape index (κ3) is 8.69. The zero-order chi connectivity index (χ0) is 51.8. The van der Waals surface area contributed by atoms with Crippen LogP contribution >= 0.6 is 0 Å². The van der Waals surface area contributed by atoms with Gasteiger partial charge in [-0.2, -0.15) is 0 Å². The van der Waals surface area contributed by atoms with E-state index in [1.165, 1.54) is 0 Å². The van der Waals surface area contributed by atoms with Crippen molar-refractivity contribution in [1.29, 1.82) is 0 Å². The molecule has 14 rings (SSSR count). The summed E-state index contributed by atoms with van der Waals surface area (Å²) in [5.41, 5.74) is 21.6. The van der Waals surface area contributed by atoms with Gasteiger partial charge in [0.2, 0.25) is 0 Å². The average Bonchev–Trinajstić information content (AvgIpc) is 4.18. The summed E-state index contributed by atoms with van der Waals surface area (Å²) in [4.78, 5) is 25.2. The summed E-state index contributed by atoms with van der Waals surface area (Å²) in [5.74, 6) is 0. The summed E-state index contributed by atoms with van der Waals surface area (Å²) in [6, 6.07) is 93.5. The number of para-hydroxylation sites is 4. The SMILES string of the molecule is c1ccc(-c2ccccc2N(c2ccc(-c3cn4ccccc4n3)cc2)c2ccc(-c3nc4ccccc4nc3-c3ccc(N(c4ccc(-c5cn6ccccc6n5)cc4)c4ccccc4-c4ccccc4)cc3)cc2)cc1. The van der Waals surface area contributed by atoms with Crippen LogP contribution in [-0.2, 0) is 0 Å². The second-order valence-corrected chi connectivity index (χ2v) is 19.2. The molecular weight excluding hydrogens is 953 g/mol. The van der Waals surface area contributed by atoms with Crippen LogP contribution in [0.1, 0.15) is 0 Å². The second kappa shape index (κ2) is 19.9. The van der Waals surface area contributed by atoms with Crippen LogP contribution in [-0.4, -0.2) is 28.7 Å². The number of aromatic nitrogens is 6. The molecule has 0 aliphatic heterocycles. The number of fused-ring (bicyclic) bond motifs is 3. The number of rotatable bonds is 12. The lowest BCUT2D eigenvalue weighted by molar-refractivity contribution is 1.19. The van der Waals surface area contributed by atoms with Gasteiger partial charge in [-0.15, -0.1) is 0 Å². The minimum atomic E-state index is 0.801. The first-order chi connectivity index (χ1) is 38.6. The van der Waals surface area contributed by atoms with E-state index in [1.54, 1.807) is 0 Å². The summed E-state index contributed by atoms with van der Waals surface area (Å²) in [5, 5.41) is 0. The van der Waals surface area contributed by atoms with E-state index in [0.29, 0.717) is 0 Å². The highest BCUT2D eigenvalue weighted by Gasteiger charge is 2.22. The lowest BCUT2D eigenvalue weighted by Gasteiger charge is -2.28. The van der Waals surface area contributed by atoms with Crippen molar-refractivity contribution >= 4 is 56.5 Å². The molecular formula is C70H48N8. The van der Waals surface area contributed by atoms with Crippen LogP contribution in [0.5, 0.6) is 0 Å². The Morgan fingerprint density at radius 2 is 0.590 bits per heavy atom. The molecule has 0 saturated heterocycles. The summed E-state index contributed by atoms with van der Waals surface area (Å²) >= 11 is 0. The van der Waals surface area contributed by atoms with Gasteiger partial charge in [-0.25, -0.2) is 19.9 Å². The molecule has 0 unspecified atom stereocenters. The summed E-state index contributed by atoms with van der Waals surface area (Å²) in [6.07, 6.45) is 8.22. The normalized spacial score (nSPS) is 11.3. The molecule has 0 bridgehead atoms. The van der Waals surface area contributed by atoms with Crippen molar-refractivity contribution in [3.05, 3.63) is 292 Å². The van der Waals surface area contributed by atoms with Crippen LogP contribution in [0.2, 0.25) is 0 Å². The summed E-state index contributed by atoms with van der Waals surface area (Å²) < 4.78 is 4.11. The first kappa shape index (κ1) is 45.9. The van der Waals surface area contributed by atoms with Crippen molar-refractivity contribution in [2.45, 2.75) is 0 Å². The van der Waals surface area contributed by atoms with Crippen LogP contribution in [0.3, 0.4) is 0 Å². The Bertz CT molecular complexity index is 4060. The van der Waals surface area contributed by atoms with Crippen LogP contribution in [0, 0.1) is 0 Å². The highest BCUT2D eigenvalue weighted by Crippen LogP contribution is 2.45. The lowest BCUT2D eigenvalue weighted by Crippen LogP contribution is -2.11. The first-order valence-corrected chi connectivity index (χ1v) is 26.1. The van der Waals surface area contributed by atoms with Crippen LogP contribution in [0.4, 0.5) is 34.1 Å². The number of nitrogens with zero attached hydrogens (tertiary/aromatic N) is 8. The monoisotopic (exact) mass is 1000 g/mol. The Morgan fingerprint density at radius 1 is 0.256 bits per heavy atom. The van der Waals surface area contributed by atoms with Crippen LogP contribution in [0.15, 0.2) is 292 Å². The van der Waals surface area contributed by atoms with Crippen molar-refractivity contribution in [2.24, 2.45) is 0 Å². The number of benzene rings is 9. The van der Waals surface area contributed by atoms with E-state index in [9.17, 15) is 0 Å². The maximum absolute atomic E-state index is 5.36. The van der Waals surface area contributed by atoms with Crippen molar-refractivity contribution in [1.82, 2.24) is 28.7 Å². The molecule has 0 amide bonds. The quantitative estimate of drug-likeness (QED) is 0.121. The topological polar surface area (TPSA) is 66.9 Å². The fourth-order valence-corrected chi connectivity index (χ4v) is 10.6. The zero-order valence-corrected chi connectivity index (χ0v) is 42.3. The highest BCUT2D eigenvalue weighted by molar-refractivity contribution is 5.92. The van der Waals surface area contributed by atoms with Crippen molar-refractivity contribution in [3.8, 4) is 67.3 Å². The predicted molar refractivity (Wildman–Crippen MR) is 319 cm³/mol. The van der Waals surface area contributed by atoms with Gasteiger partial charge in [0, 0.05) is 80.9 Å². The maximum Gasteiger partial charge on any atom is 0.137 e. The molecule has 78 heavy (non-hydrogen) atoms. The van der Waals surface area contributed by atoms with Gasteiger partial charge in [-0.3, -0.25) is 0 Å². The molecule has 14 aromatic rings. The van der Waals surface area contributed by atoms with Crippen molar-refractivity contribution in [2.75, 3.05) is 9.80 Å². The summed E-state index contributed by atoms with van der Waals surface area (Å²) in [7, 11) is 0. The minimum Gasteiger partial charge on any atom is -0.310 e. The molecule has 0 aliphatic carbocycles. The fraction of sp³-hybridized carbons (Fsp3) is 0. The molecule has 5 heterocycles. The van der Waals surface area contributed by atoms with Gasteiger partial charge in [-0.1, -0.05) is 170 Å². The van der Waals surface area contributed by atoms with Crippen molar-refractivity contribution < 1.29 is 0 Å². The molecule has 8 nitrogen and oxygen atoms in total. The molecule has 5 aromatic heterocycles. The van der Waals surface area contributed by atoms with Crippen LogP contribution < -0.4 is 9.80 Å². The Kier molecular flexibility index (Phi) is 11.7. The molecule has 8 heteroatoms. The third-order valence-corrected chi connectivity index (χ3v) is 14.4. The molecule has 0 aliphatic rings. The van der Waals surface area contributed by atoms with E-state index >= 15 is 0 Å². The molecule has 0 radical (unpaired) electrons. The van der Waals surface area contributed by atoms with E-state index in [-0.39, 0.29) is 0 Å². The number of pyridine rings is 2. The zero-order valence-electron chi connectivity index (χ0n) is 42.3. The van der Waals surface area contributed by atoms with Gasteiger partial charge in [0.1, 0.15) is 11.3 Å². The van der Waals surface area contributed by atoms with Gasteiger partial charge in [0.15, 0.2) is 0 Å². The largest absolute Gasteiger partial charge is 0.310 e. The molecule has 9 aromatic carbocycles. The molecule has 368 valence electrons. The van der Waals surface area contributed by atoms with Gasteiger partial charge >= 0.3 is 0 Å². The van der Waals surface area contributed by atoms with Gasteiger partial charge in [0.25, 0.3) is 0 Å². The standard InChI is InChI=1S/C70H48N8/c1-3-17-49(18-4-1)59-21-7-11-25-65(59)77(55-37-29-51(30-38-55)63-47-75-45-15-13-27-67(75)71-63)57-41-33-53(34-42-57)69-70(74-62-24-10-9-23-61(62)73-69)54-35-43-58(44-36-54)78(66-26-12-8-22-60(66)50-19-5-2-6-20-50)56-39-31-52(32-40-56)64-48-76-46-16-14-28-68(76)72-64/h1-48H. The van der Waals surface area contributed by atoms with Gasteiger partial charge in [-0.05, 0) is 108 Å². The smallest absolute Gasteiger partial charge is 0.137 e. The number of imidazole rings is 2. The average molecular weight is 1000 g/mol. The van der Waals surface area contributed by atoms with Gasteiger partial charge in [0.05, 0.1) is 45.2 Å². The molecule has 0 spiro atoms. The van der Waals surface area contributed by atoms with Crippen molar-refractivity contribution in [3.63, 3.8) is 0 Å². The minimum absolute atomic E-state index is 0.801. The Labute approximate surface area is 451 Å². The maximum atomic E-state index is 5.36. The molecule has 0 saturated carbocycles. The number of hydrogen-bond acceptors (Lipinski definition) is 6. The van der Waals surface area contributed by atoms with Crippen LogP contribution in [0.25, 0.3) is 89.6 Å². The molecule has 0 atom stereocenters. The number of anilines is 6. The van der Waals surface area contributed by atoms with E-state index in [2.05, 4.69) is 237 Å². The van der Waals surface area contributed by atoms with E-state index in [1.807, 2.05) is 73.1 Å². The second-order valence-electron chi connectivity index (χ2n) is 19.2. The lowest BCUT2D eigenvalue weighted by atomic mass is 10.00.